The Morgan fingerprint density at radius 2 is 1.85 bits per heavy atom. The Morgan fingerprint density at radius 1 is 1.31 bits per heavy atom. The molecule has 0 fully saturated rings. The summed E-state index contributed by atoms with van der Waals surface area (Å²) in [6, 6.07) is 5.98. The Labute approximate surface area is 94.5 Å². The van der Waals surface area contributed by atoms with Gasteiger partial charge in [-0.15, -0.1) is 0 Å². The van der Waals surface area contributed by atoms with Gasteiger partial charge < -0.3 is 5.84 Å². The zero-order valence-corrected chi connectivity index (χ0v) is 10.4. The predicted octanol–water partition coefficient (Wildman–Crippen LogP) is 3.28. The van der Waals surface area contributed by atoms with Gasteiger partial charge in [-0.1, -0.05) is 38.8 Å². The summed E-state index contributed by atoms with van der Waals surface area (Å²) < 4.78 is 2.04. The van der Waals surface area contributed by atoms with E-state index in [-0.39, 0.29) is 0 Å². The molecule has 0 aliphatic rings. The summed E-state index contributed by atoms with van der Waals surface area (Å²) in [6.45, 7) is 2.03. The van der Waals surface area contributed by atoms with Crippen molar-refractivity contribution in [3.63, 3.8) is 0 Å². The first-order chi connectivity index (χ1) is 6.17. The highest BCUT2D eigenvalue weighted by Crippen LogP contribution is 2.21. The van der Waals surface area contributed by atoms with Gasteiger partial charge in [0, 0.05) is 8.95 Å². The quantitative estimate of drug-likeness (QED) is 0.508. The van der Waals surface area contributed by atoms with Crippen molar-refractivity contribution in [1.82, 2.24) is 0 Å². The zero-order chi connectivity index (χ0) is 9.84. The number of benzene rings is 1. The molecule has 0 amide bonds. The standard InChI is InChI=1S/C9H10Br2N2/c1-2-9(13-12)6-3-7(10)5-8(11)4-6/h3-5H,2,12H2,1H3. The Kier molecular flexibility index (Phi) is 3.93. The van der Waals surface area contributed by atoms with Crippen LogP contribution in [0.3, 0.4) is 0 Å². The van der Waals surface area contributed by atoms with Gasteiger partial charge in [0.2, 0.25) is 0 Å². The second kappa shape index (κ2) is 4.77. The van der Waals surface area contributed by atoms with Crippen LogP contribution in [0.1, 0.15) is 18.9 Å². The predicted molar refractivity (Wildman–Crippen MR) is 62.9 cm³/mol. The smallest absolute Gasteiger partial charge is 0.0670 e. The highest BCUT2D eigenvalue weighted by atomic mass is 79.9. The van der Waals surface area contributed by atoms with Crippen LogP contribution < -0.4 is 5.84 Å². The molecule has 4 heteroatoms. The molecule has 13 heavy (non-hydrogen) atoms. The van der Waals surface area contributed by atoms with Gasteiger partial charge in [-0.2, -0.15) is 5.10 Å². The molecular formula is C9H10Br2N2. The van der Waals surface area contributed by atoms with E-state index in [4.69, 9.17) is 5.84 Å². The molecule has 0 saturated heterocycles. The first-order valence-electron chi connectivity index (χ1n) is 3.90. The molecule has 0 spiro atoms. The summed E-state index contributed by atoms with van der Waals surface area (Å²) in [5.41, 5.74) is 1.95. The van der Waals surface area contributed by atoms with Crippen LogP contribution in [0.15, 0.2) is 32.2 Å². The van der Waals surface area contributed by atoms with Crippen molar-refractivity contribution in [2.24, 2.45) is 10.9 Å². The van der Waals surface area contributed by atoms with E-state index in [1.807, 2.05) is 25.1 Å². The van der Waals surface area contributed by atoms with Gasteiger partial charge in [-0.25, -0.2) is 0 Å². The highest BCUT2D eigenvalue weighted by molar-refractivity contribution is 9.11. The van der Waals surface area contributed by atoms with Crippen molar-refractivity contribution in [2.45, 2.75) is 13.3 Å². The van der Waals surface area contributed by atoms with Crippen LogP contribution in [-0.2, 0) is 0 Å². The van der Waals surface area contributed by atoms with Crippen molar-refractivity contribution in [3.8, 4) is 0 Å². The van der Waals surface area contributed by atoms with Gasteiger partial charge >= 0.3 is 0 Å². The Hall–Kier alpha value is -0.350. The van der Waals surface area contributed by atoms with Gasteiger partial charge in [0.15, 0.2) is 0 Å². The van der Waals surface area contributed by atoms with E-state index in [1.165, 1.54) is 0 Å². The van der Waals surface area contributed by atoms with E-state index in [9.17, 15) is 0 Å². The first-order valence-corrected chi connectivity index (χ1v) is 5.49. The molecule has 1 aromatic rings. The van der Waals surface area contributed by atoms with Crippen molar-refractivity contribution in [2.75, 3.05) is 0 Å². The minimum Gasteiger partial charge on any atom is -0.323 e. The van der Waals surface area contributed by atoms with Gasteiger partial charge in [-0.05, 0) is 30.2 Å². The van der Waals surface area contributed by atoms with E-state index >= 15 is 0 Å². The molecule has 2 N–H and O–H groups in total. The summed E-state index contributed by atoms with van der Waals surface area (Å²) in [5, 5.41) is 3.73. The van der Waals surface area contributed by atoms with Gasteiger partial charge in [0.1, 0.15) is 0 Å². The molecule has 0 atom stereocenters. The van der Waals surface area contributed by atoms with Crippen LogP contribution >= 0.6 is 31.9 Å². The monoisotopic (exact) mass is 304 g/mol. The fourth-order valence-electron chi connectivity index (χ4n) is 1.09. The van der Waals surface area contributed by atoms with Crippen LogP contribution in [0, 0.1) is 0 Å². The van der Waals surface area contributed by atoms with Gasteiger partial charge in [0.25, 0.3) is 0 Å². The Balaban J connectivity index is 3.14. The maximum absolute atomic E-state index is 5.27. The minimum atomic E-state index is 0.833. The molecular weight excluding hydrogens is 296 g/mol. The fraction of sp³-hybridized carbons (Fsp3) is 0.222. The average molecular weight is 306 g/mol. The lowest BCUT2D eigenvalue weighted by Gasteiger charge is -2.03. The molecule has 0 radical (unpaired) electrons. The lowest BCUT2D eigenvalue weighted by Crippen LogP contribution is -2.02. The third kappa shape index (κ3) is 2.81. The Bertz CT molecular complexity index is 314. The van der Waals surface area contributed by atoms with Gasteiger partial charge in [-0.3, -0.25) is 0 Å². The van der Waals surface area contributed by atoms with E-state index in [1.54, 1.807) is 0 Å². The number of nitrogens with two attached hydrogens (primary N) is 1. The number of rotatable bonds is 2. The van der Waals surface area contributed by atoms with Crippen LogP contribution in [0.5, 0.6) is 0 Å². The number of hydrazone groups is 1. The molecule has 1 aromatic carbocycles. The topological polar surface area (TPSA) is 38.4 Å². The molecule has 0 heterocycles. The number of halogens is 2. The lowest BCUT2D eigenvalue weighted by molar-refractivity contribution is 1.17. The summed E-state index contributed by atoms with van der Waals surface area (Å²) >= 11 is 6.83. The lowest BCUT2D eigenvalue weighted by atomic mass is 10.1. The molecule has 70 valence electrons. The number of hydrogen-bond acceptors (Lipinski definition) is 2. The van der Waals surface area contributed by atoms with E-state index in [0.717, 1.165) is 26.6 Å². The van der Waals surface area contributed by atoms with Crippen LogP contribution in [0.4, 0.5) is 0 Å². The number of nitrogens with zero attached hydrogens (tertiary/aromatic N) is 1. The third-order valence-corrected chi connectivity index (χ3v) is 2.60. The van der Waals surface area contributed by atoms with Crippen LogP contribution in [0.25, 0.3) is 0 Å². The van der Waals surface area contributed by atoms with E-state index < -0.39 is 0 Å². The first kappa shape index (κ1) is 10.7. The second-order valence-electron chi connectivity index (χ2n) is 2.59. The SMILES string of the molecule is CCC(=NN)c1cc(Br)cc(Br)c1. The summed E-state index contributed by atoms with van der Waals surface area (Å²) in [6.07, 6.45) is 0.833. The summed E-state index contributed by atoms with van der Waals surface area (Å²) in [7, 11) is 0. The molecule has 0 unspecified atom stereocenters. The highest BCUT2D eigenvalue weighted by Gasteiger charge is 2.02. The molecule has 2 nitrogen and oxygen atoms in total. The second-order valence-corrected chi connectivity index (χ2v) is 4.42. The average Bonchev–Trinajstić information content (AvgIpc) is 2.04. The minimum absolute atomic E-state index is 0.833. The molecule has 0 aromatic heterocycles. The van der Waals surface area contributed by atoms with Crippen molar-refractivity contribution in [3.05, 3.63) is 32.7 Å². The van der Waals surface area contributed by atoms with E-state index in [2.05, 4.69) is 37.0 Å². The van der Waals surface area contributed by atoms with Crippen molar-refractivity contribution < 1.29 is 0 Å². The maximum Gasteiger partial charge on any atom is 0.0670 e. The molecule has 0 saturated carbocycles. The molecule has 0 bridgehead atoms. The molecule has 0 aliphatic carbocycles. The molecule has 1 rings (SSSR count). The van der Waals surface area contributed by atoms with E-state index in [0.29, 0.717) is 0 Å². The largest absolute Gasteiger partial charge is 0.323 e. The Morgan fingerprint density at radius 3 is 2.23 bits per heavy atom. The van der Waals surface area contributed by atoms with Crippen LogP contribution in [0.2, 0.25) is 0 Å². The number of hydrogen-bond donors (Lipinski definition) is 1. The van der Waals surface area contributed by atoms with Crippen molar-refractivity contribution >= 4 is 37.6 Å². The van der Waals surface area contributed by atoms with Crippen molar-refractivity contribution in [1.29, 1.82) is 0 Å². The third-order valence-electron chi connectivity index (χ3n) is 1.69. The summed E-state index contributed by atoms with van der Waals surface area (Å²) in [5.74, 6) is 5.27. The normalized spacial score (nSPS) is 11.8. The molecule has 0 aliphatic heterocycles. The fourth-order valence-corrected chi connectivity index (χ4v) is 2.38. The summed E-state index contributed by atoms with van der Waals surface area (Å²) in [4.78, 5) is 0. The van der Waals surface area contributed by atoms with Crippen LogP contribution in [-0.4, -0.2) is 5.71 Å². The van der Waals surface area contributed by atoms with Gasteiger partial charge in [0.05, 0.1) is 5.71 Å². The maximum atomic E-state index is 5.27. The zero-order valence-electron chi connectivity index (χ0n) is 7.22.